The van der Waals surface area contributed by atoms with Gasteiger partial charge in [0.1, 0.15) is 0 Å². The lowest BCUT2D eigenvalue weighted by Crippen LogP contribution is -2.35. The van der Waals surface area contributed by atoms with Crippen LogP contribution in [0.2, 0.25) is 0 Å². The van der Waals surface area contributed by atoms with Gasteiger partial charge < -0.3 is 0 Å². The molecule has 1 N–H and O–H groups in total. The normalized spacial score (nSPS) is 21.3. The van der Waals surface area contributed by atoms with Crippen LogP contribution in [0.3, 0.4) is 0 Å². The Bertz CT molecular complexity index is 876. The average molecular weight is 345 g/mol. The first-order valence-corrected chi connectivity index (χ1v) is 10.1. The summed E-state index contributed by atoms with van der Waals surface area (Å²) in [5.41, 5.74) is 5.59. The Morgan fingerprint density at radius 1 is 1.00 bits per heavy atom. The summed E-state index contributed by atoms with van der Waals surface area (Å²) < 4.78 is 0. The van der Waals surface area contributed by atoms with E-state index in [4.69, 9.17) is 0 Å². The summed E-state index contributed by atoms with van der Waals surface area (Å²) in [5, 5.41) is 8.40. The van der Waals surface area contributed by atoms with Gasteiger partial charge in [-0.15, -0.1) is 0 Å². The van der Waals surface area contributed by atoms with Crippen LogP contribution in [-0.4, -0.2) is 28.2 Å². The van der Waals surface area contributed by atoms with Gasteiger partial charge in [-0.2, -0.15) is 5.10 Å². The van der Waals surface area contributed by atoms with Gasteiger partial charge in [0.2, 0.25) is 0 Å². The number of fused-ring (bicyclic) bond motifs is 1. The van der Waals surface area contributed by atoms with E-state index in [1.165, 1.54) is 61.7 Å². The highest BCUT2D eigenvalue weighted by molar-refractivity contribution is 5.78. The molecule has 26 heavy (non-hydrogen) atoms. The third-order valence-electron chi connectivity index (χ3n) is 6.07. The molecular formula is C23H27N3. The maximum atomic E-state index is 4.14. The molecular weight excluding hydrogens is 318 g/mol. The fourth-order valence-electron chi connectivity index (χ4n) is 4.48. The standard InChI is InChI=1S/C23H27N3/c1-2-19(12-18-5-10-23-22(13-18)14-24-25-23)16-26(11-1)15-17-3-6-20(7-4-17)21-8-9-21/h3-7,10,13-14,19,21H,1-2,8-9,11-12,15-16H2,(H,24,25). The third-order valence-corrected chi connectivity index (χ3v) is 6.07. The van der Waals surface area contributed by atoms with Crippen molar-refractivity contribution in [2.45, 2.75) is 44.6 Å². The number of nitrogens with one attached hydrogen (secondary N) is 1. The van der Waals surface area contributed by atoms with Crippen molar-refractivity contribution in [1.82, 2.24) is 15.1 Å². The first-order valence-electron chi connectivity index (χ1n) is 10.1. The molecule has 3 aromatic rings. The minimum absolute atomic E-state index is 0.763. The molecule has 1 atom stereocenters. The summed E-state index contributed by atoms with van der Waals surface area (Å²) in [4.78, 5) is 2.65. The fourth-order valence-corrected chi connectivity index (χ4v) is 4.48. The van der Waals surface area contributed by atoms with Gasteiger partial charge >= 0.3 is 0 Å². The summed E-state index contributed by atoms with van der Waals surface area (Å²) in [6.07, 6.45) is 8.55. The van der Waals surface area contributed by atoms with E-state index in [2.05, 4.69) is 57.6 Å². The van der Waals surface area contributed by atoms with Gasteiger partial charge in [-0.1, -0.05) is 30.3 Å². The van der Waals surface area contributed by atoms with Crippen LogP contribution in [0, 0.1) is 5.92 Å². The summed E-state index contributed by atoms with van der Waals surface area (Å²) >= 11 is 0. The molecule has 2 aliphatic rings. The molecule has 5 rings (SSSR count). The molecule has 1 aliphatic heterocycles. The van der Waals surface area contributed by atoms with Crippen LogP contribution in [0.5, 0.6) is 0 Å². The van der Waals surface area contributed by atoms with Crippen molar-refractivity contribution in [3.63, 3.8) is 0 Å². The molecule has 1 aromatic heterocycles. The number of hydrogen-bond donors (Lipinski definition) is 1. The number of aromatic nitrogens is 2. The van der Waals surface area contributed by atoms with E-state index >= 15 is 0 Å². The van der Waals surface area contributed by atoms with Crippen molar-refractivity contribution >= 4 is 10.9 Å². The molecule has 1 aliphatic carbocycles. The fraction of sp³-hybridized carbons (Fsp3) is 0.435. The smallest absolute Gasteiger partial charge is 0.0650 e. The molecule has 1 saturated heterocycles. The molecule has 0 bridgehead atoms. The SMILES string of the molecule is c1cc2[nH]ncc2cc1CC1CCCN(Cc2ccc(C3CC3)cc2)C1. The lowest BCUT2D eigenvalue weighted by atomic mass is 9.90. The van der Waals surface area contributed by atoms with Crippen LogP contribution in [0.25, 0.3) is 10.9 Å². The monoisotopic (exact) mass is 345 g/mol. The molecule has 0 spiro atoms. The van der Waals surface area contributed by atoms with Crippen molar-refractivity contribution in [1.29, 1.82) is 0 Å². The number of likely N-dealkylation sites (tertiary alicyclic amines) is 1. The zero-order valence-corrected chi connectivity index (χ0v) is 15.3. The number of piperidine rings is 1. The van der Waals surface area contributed by atoms with Gasteiger partial charge in [-0.3, -0.25) is 10.00 Å². The highest BCUT2D eigenvalue weighted by Gasteiger charge is 2.23. The van der Waals surface area contributed by atoms with Crippen molar-refractivity contribution in [3.8, 4) is 0 Å². The van der Waals surface area contributed by atoms with E-state index < -0.39 is 0 Å². The van der Waals surface area contributed by atoms with Gasteiger partial charge in [0.25, 0.3) is 0 Å². The number of H-pyrrole nitrogens is 1. The summed E-state index contributed by atoms with van der Waals surface area (Å²) in [6.45, 7) is 3.55. The third kappa shape index (κ3) is 3.54. The summed E-state index contributed by atoms with van der Waals surface area (Å²) in [7, 11) is 0. The van der Waals surface area contributed by atoms with E-state index in [9.17, 15) is 0 Å². The molecule has 0 radical (unpaired) electrons. The number of benzene rings is 2. The van der Waals surface area contributed by atoms with Crippen LogP contribution in [0.1, 0.15) is 48.3 Å². The number of nitrogens with zero attached hydrogens (tertiary/aromatic N) is 2. The molecule has 0 amide bonds. The van der Waals surface area contributed by atoms with Crippen LogP contribution < -0.4 is 0 Å². The molecule has 1 saturated carbocycles. The molecule has 2 fully saturated rings. The molecule has 3 nitrogen and oxygen atoms in total. The lowest BCUT2D eigenvalue weighted by Gasteiger charge is -2.33. The predicted octanol–water partition coefficient (Wildman–Crippen LogP) is 4.90. The number of hydrogen-bond acceptors (Lipinski definition) is 2. The first kappa shape index (κ1) is 16.1. The van der Waals surface area contributed by atoms with E-state index in [0.717, 1.165) is 23.9 Å². The maximum absolute atomic E-state index is 4.14. The minimum atomic E-state index is 0.763. The van der Waals surface area contributed by atoms with Crippen LogP contribution in [0.15, 0.2) is 48.7 Å². The van der Waals surface area contributed by atoms with Gasteiger partial charge in [-0.25, -0.2) is 0 Å². The topological polar surface area (TPSA) is 31.9 Å². The van der Waals surface area contributed by atoms with Crippen molar-refractivity contribution < 1.29 is 0 Å². The van der Waals surface area contributed by atoms with E-state index in [1.54, 1.807) is 5.56 Å². The Balaban J connectivity index is 1.21. The summed E-state index contributed by atoms with van der Waals surface area (Å²) in [5.74, 6) is 1.62. The first-order chi connectivity index (χ1) is 12.8. The highest BCUT2D eigenvalue weighted by atomic mass is 15.1. The summed E-state index contributed by atoms with van der Waals surface area (Å²) in [6, 6.07) is 16.1. The van der Waals surface area contributed by atoms with Crippen LogP contribution >= 0.6 is 0 Å². The van der Waals surface area contributed by atoms with E-state index in [-0.39, 0.29) is 0 Å². The minimum Gasteiger partial charge on any atom is -0.299 e. The molecule has 1 unspecified atom stereocenters. The largest absolute Gasteiger partial charge is 0.299 e. The van der Waals surface area contributed by atoms with E-state index in [1.807, 2.05) is 6.20 Å². The Morgan fingerprint density at radius 2 is 1.85 bits per heavy atom. The second kappa shape index (κ2) is 6.88. The zero-order valence-electron chi connectivity index (χ0n) is 15.3. The molecule has 2 aromatic carbocycles. The maximum Gasteiger partial charge on any atom is 0.0650 e. The van der Waals surface area contributed by atoms with Gasteiger partial charge in [0.05, 0.1) is 11.7 Å². The van der Waals surface area contributed by atoms with Gasteiger partial charge in [0, 0.05) is 18.5 Å². The van der Waals surface area contributed by atoms with Crippen LogP contribution in [0.4, 0.5) is 0 Å². The second-order valence-corrected chi connectivity index (χ2v) is 8.25. The number of aromatic amines is 1. The number of rotatable bonds is 5. The van der Waals surface area contributed by atoms with Crippen molar-refractivity contribution in [3.05, 3.63) is 65.4 Å². The Morgan fingerprint density at radius 3 is 2.69 bits per heavy atom. The lowest BCUT2D eigenvalue weighted by molar-refractivity contribution is 0.167. The molecule has 3 heteroatoms. The van der Waals surface area contributed by atoms with Gasteiger partial charge in [-0.05, 0) is 79.3 Å². The van der Waals surface area contributed by atoms with Crippen molar-refractivity contribution in [2.75, 3.05) is 13.1 Å². The van der Waals surface area contributed by atoms with Crippen molar-refractivity contribution in [2.24, 2.45) is 5.92 Å². The zero-order chi connectivity index (χ0) is 17.3. The predicted molar refractivity (Wildman–Crippen MR) is 106 cm³/mol. The molecule has 134 valence electrons. The second-order valence-electron chi connectivity index (χ2n) is 8.25. The van der Waals surface area contributed by atoms with E-state index in [0.29, 0.717) is 0 Å². The van der Waals surface area contributed by atoms with Crippen LogP contribution in [-0.2, 0) is 13.0 Å². The quantitative estimate of drug-likeness (QED) is 0.713. The highest BCUT2D eigenvalue weighted by Crippen LogP contribution is 2.40. The Kier molecular flexibility index (Phi) is 4.25. The van der Waals surface area contributed by atoms with Gasteiger partial charge in [0.15, 0.2) is 0 Å². The average Bonchev–Trinajstić information content (AvgIpc) is 3.40. The Hall–Kier alpha value is -2.13. The molecule has 2 heterocycles. The Labute approximate surface area is 155 Å².